The van der Waals surface area contributed by atoms with Gasteiger partial charge in [0.1, 0.15) is 17.6 Å². The Morgan fingerprint density at radius 1 is 1.29 bits per heavy atom. The molecule has 1 aromatic carbocycles. The minimum atomic E-state index is -2.71. The number of carbonyl (C=O) groups excluding carboxylic acids is 1. The summed E-state index contributed by atoms with van der Waals surface area (Å²) in [4.78, 5) is 23.0. The van der Waals surface area contributed by atoms with Crippen molar-refractivity contribution in [1.29, 1.82) is 0 Å². The Morgan fingerprint density at radius 3 is 2.94 bits per heavy atom. The van der Waals surface area contributed by atoms with Crippen LogP contribution in [0.2, 0.25) is 0 Å². The lowest BCUT2D eigenvalue weighted by Gasteiger charge is -2.37. The molecule has 0 aliphatic carbocycles. The molecular formula is C22H21F2N5O2. The SMILES string of the molecule is Cc1coc2ccc(C(=O)N3CC[C@@H](C)[C@H](c4cc(C(F)F)nc5ncnn45)C3)cc12. The Morgan fingerprint density at radius 2 is 2.13 bits per heavy atom. The van der Waals surface area contributed by atoms with E-state index < -0.39 is 6.43 Å². The normalized spacial score (nSPS) is 19.6. The van der Waals surface area contributed by atoms with Gasteiger partial charge in [-0.05, 0) is 49.1 Å². The molecule has 0 unspecified atom stereocenters. The first-order valence-electron chi connectivity index (χ1n) is 10.2. The number of hydrogen-bond donors (Lipinski definition) is 0. The lowest BCUT2D eigenvalue weighted by molar-refractivity contribution is 0.0665. The summed E-state index contributed by atoms with van der Waals surface area (Å²) in [6, 6.07) is 6.80. The predicted octanol–water partition coefficient (Wildman–Crippen LogP) is 4.38. The molecular weight excluding hydrogens is 404 g/mol. The van der Waals surface area contributed by atoms with Gasteiger partial charge in [-0.25, -0.2) is 18.3 Å². The van der Waals surface area contributed by atoms with E-state index in [0.29, 0.717) is 24.3 Å². The summed E-state index contributed by atoms with van der Waals surface area (Å²) in [5.41, 5.74) is 2.57. The number of halogens is 2. The van der Waals surface area contributed by atoms with Crippen molar-refractivity contribution in [3.05, 3.63) is 59.4 Å². The number of nitrogens with zero attached hydrogens (tertiary/aromatic N) is 5. The van der Waals surface area contributed by atoms with Gasteiger partial charge >= 0.3 is 0 Å². The van der Waals surface area contributed by atoms with Gasteiger partial charge < -0.3 is 9.32 Å². The van der Waals surface area contributed by atoms with Crippen LogP contribution >= 0.6 is 0 Å². The summed E-state index contributed by atoms with van der Waals surface area (Å²) in [5, 5.41) is 5.09. The number of carbonyl (C=O) groups is 1. The Hall–Kier alpha value is -3.36. The van der Waals surface area contributed by atoms with E-state index in [1.165, 1.54) is 16.9 Å². The molecule has 1 aliphatic rings. The van der Waals surface area contributed by atoms with Gasteiger partial charge in [-0.2, -0.15) is 10.1 Å². The number of alkyl halides is 2. The largest absolute Gasteiger partial charge is 0.464 e. The average Bonchev–Trinajstić information content (AvgIpc) is 3.39. The van der Waals surface area contributed by atoms with Gasteiger partial charge in [-0.1, -0.05) is 6.92 Å². The van der Waals surface area contributed by atoms with E-state index in [2.05, 4.69) is 22.0 Å². The molecule has 0 N–H and O–H groups in total. The third-order valence-corrected chi connectivity index (χ3v) is 6.16. The number of fused-ring (bicyclic) bond motifs is 2. The molecule has 0 spiro atoms. The first-order valence-corrected chi connectivity index (χ1v) is 10.2. The molecule has 160 valence electrons. The van der Waals surface area contributed by atoms with Crippen LogP contribution in [-0.2, 0) is 0 Å². The Kier molecular flexibility index (Phi) is 4.68. The molecule has 1 saturated heterocycles. The van der Waals surface area contributed by atoms with E-state index in [4.69, 9.17) is 4.42 Å². The van der Waals surface area contributed by atoms with Crippen LogP contribution in [-0.4, -0.2) is 43.5 Å². The van der Waals surface area contributed by atoms with Crippen LogP contribution < -0.4 is 0 Å². The minimum Gasteiger partial charge on any atom is -0.464 e. The lowest BCUT2D eigenvalue weighted by Crippen LogP contribution is -2.42. The summed E-state index contributed by atoms with van der Waals surface area (Å²) in [7, 11) is 0. The quantitative estimate of drug-likeness (QED) is 0.487. The fourth-order valence-corrected chi connectivity index (χ4v) is 4.34. The van der Waals surface area contributed by atoms with E-state index in [0.717, 1.165) is 23.0 Å². The summed E-state index contributed by atoms with van der Waals surface area (Å²) in [5.74, 6) is 0.0754. The van der Waals surface area contributed by atoms with Crippen LogP contribution in [0.25, 0.3) is 16.7 Å². The van der Waals surface area contributed by atoms with E-state index in [-0.39, 0.29) is 29.2 Å². The molecule has 7 nitrogen and oxygen atoms in total. The van der Waals surface area contributed by atoms with Gasteiger partial charge in [0.05, 0.1) is 12.0 Å². The van der Waals surface area contributed by atoms with Crippen molar-refractivity contribution >= 4 is 22.7 Å². The summed E-state index contributed by atoms with van der Waals surface area (Å²) >= 11 is 0. The molecule has 1 fully saturated rings. The second kappa shape index (κ2) is 7.40. The van der Waals surface area contributed by atoms with Gasteiger partial charge in [0, 0.05) is 30.0 Å². The van der Waals surface area contributed by atoms with E-state index in [9.17, 15) is 13.6 Å². The van der Waals surface area contributed by atoms with Gasteiger partial charge in [-0.3, -0.25) is 4.79 Å². The first-order chi connectivity index (χ1) is 14.9. The van der Waals surface area contributed by atoms with Crippen molar-refractivity contribution in [1.82, 2.24) is 24.5 Å². The molecule has 1 aliphatic heterocycles. The van der Waals surface area contributed by atoms with Crippen LogP contribution in [0.4, 0.5) is 8.78 Å². The van der Waals surface area contributed by atoms with Crippen molar-refractivity contribution in [3.8, 4) is 0 Å². The number of likely N-dealkylation sites (tertiary alicyclic amines) is 1. The number of aryl methyl sites for hydroxylation is 1. The zero-order valence-electron chi connectivity index (χ0n) is 17.1. The summed E-state index contributed by atoms with van der Waals surface area (Å²) in [6.45, 7) is 5.01. The third kappa shape index (κ3) is 3.34. The van der Waals surface area contributed by atoms with Crippen molar-refractivity contribution < 1.29 is 18.0 Å². The third-order valence-electron chi connectivity index (χ3n) is 6.16. The van der Waals surface area contributed by atoms with E-state index in [1.807, 2.05) is 13.0 Å². The predicted molar refractivity (Wildman–Crippen MR) is 109 cm³/mol. The van der Waals surface area contributed by atoms with E-state index in [1.54, 1.807) is 23.3 Å². The standard InChI is InChI=1S/C22H21F2N5O2/c1-12-5-6-28(21(30)14-3-4-19-15(7-14)13(2)10-31-19)9-16(12)18-8-17(20(23)24)27-22-25-11-26-29(18)22/h3-4,7-8,10-12,16,20H,5-6,9H2,1-2H3/t12-,16-/m1/s1. The highest BCUT2D eigenvalue weighted by atomic mass is 19.3. The number of furan rings is 1. The summed E-state index contributed by atoms with van der Waals surface area (Å²) in [6.07, 6.45) is 1.03. The molecule has 9 heteroatoms. The number of rotatable bonds is 3. The zero-order valence-corrected chi connectivity index (χ0v) is 17.1. The molecule has 5 rings (SSSR count). The molecule has 1 amide bonds. The molecule has 0 radical (unpaired) electrons. The molecule has 3 aromatic heterocycles. The minimum absolute atomic E-state index is 0.0858. The Labute approximate surface area is 176 Å². The highest BCUT2D eigenvalue weighted by Crippen LogP contribution is 2.34. The smallest absolute Gasteiger partial charge is 0.280 e. The molecule has 4 aromatic rings. The number of hydrogen-bond acceptors (Lipinski definition) is 5. The second-order valence-corrected chi connectivity index (χ2v) is 8.13. The van der Waals surface area contributed by atoms with Crippen molar-refractivity contribution in [2.24, 2.45) is 5.92 Å². The second-order valence-electron chi connectivity index (χ2n) is 8.13. The fourth-order valence-electron chi connectivity index (χ4n) is 4.34. The van der Waals surface area contributed by atoms with Gasteiger partial charge in [0.15, 0.2) is 0 Å². The molecule has 0 saturated carbocycles. The van der Waals surface area contributed by atoms with Gasteiger partial charge in [0.25, 0.3) is 18.1 Å². The van der Waals surface area contributed by atoms with Gasteiger partial charge in [-0.15, -0.1) is 0 Å². The maximum atomic E-state index is 13.4. The number of benzene rings is 1. The highest BCUT2D eigenvalue weighted by Gasteiger charge is 2.33. The topological polar surface area (TPSA) is 76.5 Å². The lowest BCUT2D eigenvalue weighted by atomic mass is 9.84. The van der Waals surface area contributed by atoms with Crippen LogP contribution in [0.15, 0.2) is 41.3 Å². The highest BCUT2D eigenvalue weighted by molar-refractivity contribution is 5.98. The molecule has 31 heavy (non-hydrogen) atoms. The maximum Gasteiger partial charge on any atom is 0.280 e. The average molecular weight is 425 g/mol. The molecule has 2 atom stereocenters. The monoisotopic (exact) mass is 425 g/mol. The van der Waals surface area contributed by atoms with Crippen LogP contribution in [0.5, 0.6) is 0 Å². The van der Waals surface area contributed by atoms with Crippen LogP contribution in [0.1, 0.15) is 53.0 Å². The fraction of sp³-hybridized carbons (Fsp3) is 0.364. The van der Waals surface area contributed by atoms with Crippen molar-refractivity contribution in [3.63, 3.8) is 0 Å². The first kappa shape index (κ1) is 19.6. The summed E-state index contributed by atoms with van der Waals surface area (Å²) < 4.78 is 33.8. The zero-order chi connectivity index (χ0) is 21.7. The number of aromatic nitrogens is 4. The molecule has 0 bridgehead atoms. The Bertz CT molecular complexity index is 1280. The van der Waals surface area contributed by atoms with Gasteiger partial charge in [0.2, 0.25) is 0 Å². The molecule has 4 heterocycles. The van der Waals surface area contributed by atoms with Crippen molar-refractivity contribution in [2.75, 3.05) is 13.1 Å². The van der Waals surface area contributed by atoms with Crippen LogP contribution in [0, 0.1) is 12.8 Å². The Balaban J connectivity index is 1.49. The maximum absolute atomic E-state index is 13.4. The van der Waals surface area contributed by atoms with Crippen LogP contribution in [0.3, 0.4) is 0 Å². The number of amides is 1. The number of piperidine rings is 1. The van der Waals surface area contributed by atoms with E-state index >= 15 is 0 Å². The van der Waals surface area contributed by atoms with Crippen molar-refractivity contribution in [2.45, 2.75) is 32.6 Å².